The zero-order valence-corrected chi connectivity index (χ0v) is 7.96. The molecule has 0 spiro atoms. The minimum Gasteiger partial charge on any atom is -0.205 e. The quantitative estimate of drug-likeness (QED) is 0.544. The molecule has 74 valence electrons. The fourth-order valence-corrected chi connectivity index (χ4v) is 1.39. The molecule has 1 heterocycles. The van der Waals surface area contributed by atoms with Crippen LogP contribution in [0.25, 0.3) is 0 Å². The van der Waals surface area contributed by atoms with Crippen molar-refractivity contribution in [1.29, 1.82) is 0 Å². The standard InChI is InChI=1S/C4H10N6O2S/c1-3(4-6-9-10-7-4)8-13(11,12)5-2/h3,5,8H,1-2H3,(H,6,7,9,10). The number of tetrazole rings is 1. The van der Waals surface area contributed by atoms with E-state index in [-0.39, 0.29) is 0 Å². The van der Waals surface area contributed by atoms with Gasteiger partial charge in [0.15, 0.2) is 5.82 Å². The summed E-state index contributed by atoms with van der Waals surface area (Å²) in [5.41, 5.74) is 0. The molecule has 0 aliphatic rings. The number of rotatable bonds is 4. The van der Waals surface area contributed by atoms with Crippen LogP contribution in [-0.4, -0.2) is 36.1 Å². The topological polar surface area (TPSA) is 113 Å². The van der Waals surface area contributed by atoms with E-state index in [1.165, 1.54) is 7.05 Å². The summed E-state index contributed by atoms with van der Waals surface area (Å²) >= 11 is 0. The number of nitrogens with one attached hydrogen (secondary N) is 3. The molecule has 0 amide bonds. The SMILES string of the molecule is CNS(=O)(=O)NC(C)c1nn[nH]n1. The summed E-state index contributed by atoms with van der Waals surface area (Å²) in [6, 6.07) is -0.517. The molecule has 0 saturated carbocycles. The summed E-state index contributed by atoms with van der Waals surface area (Å²) in [5.74, 6) is 0.291. The van der Waals surface area contributed by atoms with Crippen LogP contribution in [0.2, 0.25) is 0 Å². The first-order valence-electron chi connectivity index (χ1n) is 3.49. The lowest BCUT2D eigenvalue weighted by atomic mass is 10.4. The molecule has 1 unspecified atom stereocenters. The maximum atomic E-state index is 11.0. The maximum absolute atomic E-state index is 11.0. The van der Waals surface area contributed by atoms with E-state index in [0.717, 1.165) is 0 Å². The first-order valence-corrected chi connectivity index (χ1v) is 4.97. The zero-order chi connectivity index (χ0) is 9.90. The van der Waals surface area contributed by atoms with Gasteiger partial charge in [-0.1, -0.05) is 5.21 Å². The maximum Gasteiger partial charge on any atom is 0.277 e. The Labute approximate surface area is 75.3 Å². The second-order valence-electron chi connectivity index (χ2n) is 2.32. The van der Waals surface area contributed by atoms with Crippen molar-refractivity contribution < 1.29 is 8.42 Å². The second-order valence-corrected chi connectivity index (χ2v) is 3.97. The largest absolute Gasteiger partial charge is 0.277 e. The van der Waals surface area contributed by atoms with Gasteiger partial charge in [0.2, 0.25) is 0 Å². The van der Waals surface area contributed by atoms with Crippen LogP contribution in [0.15, 0.2) is 0 Å². The summed E-state index contributed by atoms with van der Waals surface area (Å²) in [6.45, 7) is 1.61. The average Bonchev–Trinajstić information content (AvgIpc) is 2.55. The zero-order valence-electron chi connectivity index (χ0n) is 7.14. The first-order chi connectivity index (χ1) is 6.05. The Hall–Kier alpha value is -1.06. The third-order valence-electron chi connectivity index (χ3n) is 1.35. The van der Waals surface area contributed by atoms with Crippen LogP contribution in [0.3, 0.4) is 0 Å². The number of aromatic amines is 1. The van der Waals surface area contributed by atoms with Crippen molar-refractivity contribution in [3.63, 3.8) is 0 Å². The van der Waals surface area contributed by atoms with Crippen LogP contribution in [0.5, 0.6) is 0 Å². The Bertz CT molecular complexity index is 345. The predicted octanol–water partition coefficient (Wildman–Crippen LogP) is -1.69. The Morgan fingerprint density at radius 1 is 1.54 bits per heavy atom. The number of hydrogen-bond donors (Lipinski definition) is 3. The molecule has 1 aromatic rings. The lowest BCUT2D eigenvalue weighted by Crippen LogP contribution is -2.36. The lowest BCUT2D eigenvalue weighted by Gasteiger charge is -2.08. The van der Waals surface area contributed by atoms with Gasteiger partial charge in [0.1, 0.15) is 0 Å². The van der Waals surface area contributed by atoms with E-state index in [1.54, 1.807) is 6.92 Å². The molecule has 0 bridgehead atoms. The third-order valence-corrected chi connectivity index (χ3v) is 2.55. The summed E-state index contributed by atoms with van der Waals surface area (Å²) in [5, 5.41) is 12.8. The molecule has 0 aliphatic heterocycles. The van der Waals surface area contributed by atoms with E-state index >= 15 is 0 Å². The molecule has 1 aromatic heterocycles. The van der Waals surface area contributed by atoms with Gasteiger partial charge in [-0.3, -0.25) is 0 Å². The number of aromatic nitrogens is 4. The smallest absolute Gasteiger partial charge is 0.205 e. The number of H-pyrrole nitrogens is 1. The summed E-state index contributed by atoms with van der Waals surface area (Å²) in [6.07, 6.45) is 0. The summed E-state index contributed by atoms with van der Waals surface area (Å²) in [7, 11) is -2.16. The number of nitrogens with zero attached hydrogens (tertiary/aromatic N) is 3. The van der Waals surface area contributed by atoms with E-state index < -0.39 is 16.3 Å². The van der Waals surface area contributed by atoms with Crippen LogP contribution >= 0.6 is 0 Å². The third kappa shape index (κ3) is 2.72. The molecular formula is C4H10N6O2S. The van der Waals surface area contributed by atoms with Gasteiger partial charge in [0, 0.05) is 7.05 Å². The Morgan fingerprint density at radius 2 is 2.23 bits per heavy atom. The molecule has 1 atom stereocenters. The molecule has 8 nitrogen and oxygen atoms in total. The van der Waals surface area contributed by atoms with Gasteiger partial charge >= 0.3 is 0 Å². The van der Waals surface area contributed by atoms with E-state index in [0.29, 0.717) is 5.82 Å². The monoisotopic (exact) mass is 206 g/mol. The highest BCUT2D eigenvalue weighted by Gasteiger charge is 2.16. The van der Waals surface area contributed by atoms with E-state index in [9.17, 15) is 8.42 Å². The highest BCUT2D eigenvalue weighted by Crippen LogP contribution is 2.03. The molecular weight excluding hydrogens is 196 g/mol. The van der Waals surface area contributed by atoms with E-state index in [1.807, 2.05) is 0 Å². The van der Waals surface area contributed by atoms with Gasteiger partial charge in [-0.25, -0.2) is 4.72 Å². The second kappa shape index (κ2) is 3.77. The minimum absolute atomic E-state index is 0.291. The molecule has 0 fully saturated rings. The summed E-state index contributed by atoms with van der Waals surface area (Å²) < 4.78 is 26.4. The van der Waals surface area contributed by atoms with Crippen LogP contribution < -0.4 is 9.44 Å². The fourth-order valence-electron chi connectivity index (χ4n) is 0.697. The van der Waals surface area contributed by atoms with Crippen LogP contribution in [0, 0.1) is 0 Å². The Balaban J connectivity index is 2.67. The van der Waals surface area contributed by atoms with Crippen LogP contribution in [0.4, 0.5) is 0 Å². The van der Waals surface area contributed by atoms with Gasteiger partial charge in [-0.05, 0) is 6.92 Å². The highest BCUT2D eigenvalue weighted by atomic mass is 32.2. The van der Waals surface area contributed by atoms with Gasteiger partial charge in [0.05, 0.1) is 6.04 Å². The number of hydrogen-bond acceptors (Lipinski definition) is 5. The molecule has 0 aliphatic carbocycles. The van der Waals surface area contributed by atoms with E-state index in [2.05, 4.69) is 30.1 Å². The Morgan fingerprint density at radius 3 is 2.69 bits per heavy atom. The fraction of sp³-hybridized carbons (Fsp3) is 0.750. The molecule has 0 radical (unpaired) electrons. The molecule has 1 rings (SSSR count). The minimum atomic E-state index is -3.47. The van der Waals surface area contributed by atoms with Gasteiger partial charge in [-0.2, -0.15) is 18.4 Å². The first kappa shape index (κ1) is 10.0. The molecule has 0 saturated heterocycles. The Kier molecular flexibility index (Phi) is 2.90. The average molecular weight is 206 g/mol. The molecule has 13 heavy (non-hydrogen) atoms. The predicted molar refractivity (Wildman–Crippen MR) is 43.7 cm³/mol. The molecule has 9 heteroatoms. The van der Waals surface area contributed by atoms with Crippen molar-refractivity contribution in [1.82, 2.24) is 30.1 Å². The van der Waals surface area contributed by atoms with Gasteiger partial charge < -0.3 is 0 Å². The van der Waals surface area contributed by atoms with Gasteiger partial charge in [0.25, 0.3) is 10.2 Å². The molecule has 3 N–H and O–H groups in total. The molecule has 0 aromatic carbocycles. The lowest BCUT2D eigenvalue weighted by molar-refractivity contribution is 0.552. The van der Waals surface area contributed by atoms with Crippen molar-refractivity contribution >= 4 is 10.2 Å². The summed E-state index contributed by atoms with van der Waals surface area (Å²) in [4.78, 5) is 0. The van der Waals surface area contributed by atoms with Crippen molar-refractivity contribution in [3.8, 4) is 0 Å². The van der Waals surface area contributed by atoms with Crippen molar-refractivity contribution in [2.75, 3.05) is 7.05 Å². The van der Waals surface area contributed by atoms with Crippen molar-refractivity contribution in [2.24, 2.45) is 0 Å². The van der Waals surface area contributed by atoms with Crippen molar-refractivity contribution in [3.05, 3.63) is 5.82 Å². The normalized spacial score (nSPS) is 14.3. The van der Waals surface area contributed by atoms with Crippen LogP contribution in [-0.2, 0) is 10.2 Å². The van der Waals surface area contributed by atoms with E-state index in [4.69, 9.17) is 0 Å². The van der Waals surface area contributed by atoms with Crippen molar-refractivity contribution in [2.45, 2.75) is 13.0 Å². The van der Waals surface area contributed by atoms with Crippen LogP contribution in [0.1, 0.15) is 18.8 Å². The van der Waals surface area contributed by atoms with Gasteiger partial charge in [-0.15, -0.1) is 10.2 Å². The highest BCUT2D eigenvalue weighted by molar-refractivity contribution is 7.87.